The first kappa shape index (κ1) is 9.84. The van der Waals surface area contributed by atoms with Gasteiger partial charge in [-0.1, -0.05) is 6.92 Å². The zero-order chi connectivity index (χ0) is 10.2. The summed E-state index contributed by atoms with van der Waals surface area (Å²) < 4.78 is 0.928. The van der Waals surface area contributed by atoms with Crippen LogP contribution in [0.3, 0.4) is 0 Å². The van der Waals surface area contributed by atoms with Crippen LogP contribution in [0.5, 0.6) is 0 Å². The Hall–Kier alpha value is -0.700. The Kier molecular flexibility index (Phi) is 2.43. The Morgan fingerprint density at radius 1 is 1.64 bits per heavy atom. The third-order valence-corrected chi connectivity index (χ3v) is 3.56. The number of halogens is 1. The third-order valence-electron chi connectivity index (χ3n) is 2.84. The Balaban J connectivity index is 2.11. The molecule has 3 heteroatoms. The molecular weight excluding hydrogens is 242 g/mol. The second-order valence-corrected chi connectivity index (χ2v) is 4.95. The van der Waals surface area contributed by atoms with Gasteiger partial charge in [0.1, 0.15) is 5.78 Å². The monoisotopic (exact) mass is 253 g/mol. The molecule has 0 aromatic carbocycles. The molecule has 2 nitrogen and oxygen atoms in total. The zero-order valence-corrected chi connectivity index (χ0v) is 9.67. The molecule has 0 saturated heterocycles. The van der Waals surface area contributed by atoms with E-state index in [0.717, 1.165) is 23.0 Å². The van der Waals surface area contributed by atoms with E-state index >= 15 is 0 Å². The summed E-state index contributed by atoms with van der Waals surface area (Å²) in [7, 11) is 0. The van der Waals surface area contributed by atoms with Crippen LogP contribution in [0.4, 0.5) is 0 Å². The molecule has 0 radical (unpaired) electrons. The van der Waals surface area contributed by atoms with E-state index in [1.54, 1.807) is 6.20 Å². The van der Waals surface area contributed by atoms with Crippen molar-refractivity contribution < 1.29 is 4.79 Å². The third kappa shape index (κ3) is 1.87. The number of carbonyl (C=O) groups excluding carboxylic acids is 1. The number of hydrogen-bond acceptors (Lipinski definition) is 2. The molecule has 0 unspecified atom stereocenters. The Morgan fingerprint density at radius 2 is 2.36 bits per heavy atom. The lowest BCUT2D eigenvalue weighted by Crippen LogP contribution is -2.15. The van der Waals surface area contributed by atoms with Crippen LogP contribution in [-0.2, 0) is 11.2 Å². The fourth-order valence-corrected chi connectivity index (χ4v) is 1.78. The molecule has 1 aromatic rings. The van der Waals surface area contributed by atoms with Crippen LogP contribution in [0.2, 0.25) is 0 Å². The molecule has 1 saturated carbocycles. The molecule has 0 N–H and O–H groups in total. The Morgan fingerprint density at radius 3 is 2.93 bits per heavy atom. The molecule has 0 aliphatic heterocycles. The summed E-state index contributed by atoms with van der Waals surface area (Å²) in [4.78, 5) is 16.0. The number of Topliss-reactive ketones (excluding diaryl/α,β-unsaturated/α-hetero) is 1. The van der Waals surface area contributed by atoms with Crippen LogP contribution in [0.25, 0.3) is 0 Å². The molecule has 2 rings (SSSR count). The van der Waals surface area contributed by atoms with E-state index in [0.29, 0.717) is 12.2 Å². The van der Waals surface area contributed by atoms with Crippen molar-refractivity contribution >= 4 is 21.7 Å². The van der Waals surface area contributed by atoms with E-state index < -0.39 is 0 Å². The fraction of sp³-hybridized carbons (Fsp3) is 0.455. The van der Waals surface area contributed by atoms with E-state index in [9.17, 15) is 4.79 Å². The second-order valence-electron chi connectivity index (χ2n) is 4.09. The van der Waals surface area contributed by atoms with Crippen LogP contribution in [0.1, 0.15) is 25.5 Å². The molecule has 0 spiro atoms. The molecule has 1 fully saturated rings. The van der Waals surface area contributed by atoms with Gasteiger partial charge >= 0.3 is 0 Å². The van der Waals surface area contributed by atoms with Crippen molar-refractivity contribution in [1.82, 2.24) is 4.98 Å². The molecule has 0 bridgehead atoms. The number of rotatable bonds is 3. The first-order valence-electron chi connectivity index (χ1n) is 4.74. The van der Waals surface area contributed by atoms with Crippen LogP contribution >= 0.6 is 15.9 Å². The predicted octanol–water partition coefficient (Wildman–Crippen LogP) is 2.76. The molecule has 0 atom stereocenters. The maximum Gasteiger partial charge on any atom is 0.144 e. The summed E-state index contributed by atoms with van der Waals surface area (Å²) in [5, 5.41) is 0. The van der Waals surface area contributed by atoms with Crippen molar-refractivity contribution in [3.8, 4) is 0 Å². The summed E-state index contributed by atoms with van der Waals surface area (Å²) in [5.41, 5.74) is 0.808. The van der Waals surface area contributed by atoms with Crippen LogP contribution < -0.4 is 0 Å². The number of hydrogen-bond donors (Lipinski definition) is 0. The molecule has 1 heterocycles. The van der Waals surface area contributed by atoms with E-state index in [2.05, 4.69) is 20.9 Å². The lowest BCUT2D eigenvalue weighted by atomic mass is 9.99. The van der Waals surface area contributed by atoms with Gasteiger partial charge in [0.2, 0.25) is 0 Å². The minimum Gasteiger partial charge on any atom is -0.299 e. The molecule has 74 valence electrons. The van der Waals surface area contributed by atoms with E-state index in [1.807, 2.05) is 19.1 Å². The van der Waals surface area contributed by atoms with Crippen molar-refractivity contribution in [2.75, 3.05) is 0 Å². The smallest absolute Gasteiger partial charge is 0.144 e. The van der Waals surface area contributed by atoms with Crippen molar-refractivity contribution in [1.29, 1.82) is 0 Å². The summed E-state index contributed by atoms with van der Waals surface area (Å²) >= 11 is 3.40. The first-order chi connectivity index (χ1) is 6.62. The van der Waals surface area contributed by atoms with Gasteiger partial charge in [-0.25, -0.2) is 0 Å². The van der Waals surface area contributed by atoms with E-state index in [-0.39, 0.29) is 5.41 Å². The van der Waals surface area contributed by atoms with Crippen molar-refractivity contribution in [3.63, 3.8) is 0 Å². The number of carbonyl (C=O) groups is 1. The summed E-state index contributed by atoms with van der Waals surface area (Å²) in [6.45, 7) is 2.03. The maximum absolute atomic E-state index is 11.8. The average Bonchev–Trinajstić information content (AvgIpc) is 2.89. The molecule has 1 aliphatic rings. The Bertz CT molecular complexity index is 371. The Labute approximate surface area is 91.9 Å². The van der Waals surface area contributed by atoms with Gasteiger partial charge in [0.25, 0.3) is 0 Å². The summed E-state index contributed by atoms with van der Waals surface area (Å²) in [5.74, 6) is 0.317. The number of ketones is 1. The molecule has 0 amide bonds. The number of nitrogens with zero attached hydrogens (tertiary/aromatic N) is 1. The summed E-state index contributed by atoms with van der Waals surface area (Å²) in [6, 6.07) is 3.78. The minimum absolute atomic E-state index is 0.0447. The average molecular weight is 254 g/mol. The topological polar surface area (TPSA) is 30.0 Å². The highest BCUT2D eigenvalue weighted by molar-refractivity contribution is 9.10. The van der Waals surface area contributed by atoms with Crippen molar-refractivity contribution in [2.24, 2.45) is 5.41 Å². The van der Waals surface area contributed by atoms with Gasteiger partial charge in [0.15, 0.2) is 0 Å². The quantitative estimate of drug-likeness (QED) is 0.830. The lowest BCUT2D eigenvalue weighted by molar-refractivity contribution is -0.122. The van der Waals surface area contributed by atoms with E-state index in [1.165, 1.54) is 0 Å². The van der Waals surface area contributed by atoms with Gasteiger partial charge in [0.05, 0.1) is 12.1 Å². The largest absolute Gasteiger partial charge is 0.299 e. The van der Waals surface area contributed by atoms with Gasteiger partial charge in [-0.15, -0.1) is 0 Å². The van der Waals surface area contributed by atoms with E-state index in [4.69, 9.17) is 0 Å². The van der Waals surface area contributed by atoms with Crippen LogP contribution in [-0.4, -0.2) is 10.8 Å². The van der Waals surface area contributed by atoms with Crippen LogP contribution in [0, 0.1) is 5.41 Å². The first-order valence-corrected chi connectivity index (χ1v) is 5.54. The van der Waals surface area contributed by atoms with Gasteiger partial charge in [-0.3, -0.25) is 9.78 Å². The zero-order valence-electron chi connectivity index (χ0n) is 8.09. The van der Waals surface area contributed by atoms with Crippen molar-refractivity contribution in [3.05, 3.63) is 28.5 Å². The summed E-state index contributed by atoms with van der Waals surface area (Å²) in [6.07, 6.45) is 4.26. The SMILES string of the molecule is CC1(C(=O)Cc2ncccc2Br)CC1. The molecule has 1 aliphatic carbocycles. The van der Waals surface area contributed by atoms with Gasteiger partial charge in [-0.2, -0.15) is 0 Å². The second kappa shape index (κ2) is 3.46. The number of aromatic nitrogens is 1. The standard InChI is InChI=1S/C11H12BrNO/c1-11(4-5-11)10(14)7-9-8(12)3-2-6-13-9/h2-3,6H,4-5,7H2,1H3. The minimum atomic E-state index is -0.0447. The van der Waals surface area contributed by atoms with Gasteiger partial charge in [0, 0.05) is 16.1 Å². The molecule has 14 heavy (non-hydrogen) atoms. The molecule has 1 aromatic heterocycles. The predicted molar refractivity (Wildman–Crippen MR) is 58.0 cm³/mol. The van der Waals surface area contributed by atoms with Gasteiger partial charge in [-0.05, 0) is 40.9 Å². The van der Waals surface area contributed by atoms with Crippen LogP contribution in [0.15, 0.2) is 22.8 Å². The highest BCUT2D eigenvalue weighted by Gasteiger charge is 2.44. The maximum atomic E-state index is 11.8. The van der Waals surface area contributed by atoms with Crippen molar-refractivity contribution in [2.45, 2.75) is 26.2 Å². The molecular formula is C11H12BrNO. The highest BCUT2D eigenvalue weighted by Crippen LogP contribution is 2.46. The number of pyridine rings is 1. The highest BCUT2D eigenvalue weighted by atomic mass is 79.9. The fourth-order valence-electron chi connectivity index (χ4n) is 1.38. The van der Waals surface area contributed by atoms with Gasteiger partial charge < -0.3 is 0 Å². The lowest BCUT2D eigenvalue weighted by Gasteiger charge is -2.07. The normalized spacial score (nSPS) is 17.9.